The normalized spacial score (nSPS) is 12.1. The lowest BCUT2D eigenvalue weighted by Crippen LogP contribution is -2.14. The number of thioether (sulfide) groups is 1. The lowest BCUT2D eigenvalue weighted by molar-refractivity contribution is 0.803. The second kappa shape index (κ2) is 7.28. The zero-order valence-electron chi connectivity index (χ0n) is 13.2. The molecule has 118 valence electrons. The van der Waals surface area contributed by atoms with Crippen LogP contribution in [0.25, 0.3) is 5.82 Å². The van der Waals surface area contributed by atoms with Gasteiger partial charge in [-0.25, -0.2) is 4.68 Å². The molecule has 6 heteroatoms. The summed E-state index contributed by atoms with van der Waals surface area (Å²) in [7, 11) is 0. The van der Waals surface area contributed by atoms with Crippen molar-refractivity contribution in [3.63, 3.8) is 0 Å². The van der Waals surface area contributed by atoms with Crippen molar-refractivity contribution in [2.75, 3.05) is 11.9 Å². The number of anilines is 1. The van der Waals surface area contributed by atoms with Crippen LogP contribution in [-0.2, 0) is 0 Å². The number of nitrogens with one attached hydrogen (secondary N) is 1. The first-order valence-electron chi connectivity index (χ1n) is 7.52. The van der Waals surface area contributed by atoms with Gasteiger partial charge in [-0.2, -0.15) is 5.10 Å². The van der Waals surface area contributed by atoms with E-state index in [0.29, 0.717) is 5.25 Å². The lowest BCUT2D eigenvalue weighted by atomic mass is 10.4. The van der Waals surface area contributed by atoms with Crippen LogP contribution < -0.4 is 5.32 Å². The number of rotatable bonds is 6. The topological polar surface area (TPSA) is 55.6 Å². The molecule has 2 heterocycles. The Bertz CT molecular complexity index is 739. The maximum atomic E-state index is 4.32. The molecule has 1 unspecified atom stereocenters. The van der Waals surface area contributed by atoms with Crippen molar-refractivity contribution < 1.29 is 0 Å². The number of hydrogen-bond donors (Lipinski definition) is 1. The predicted molar refractivity (Wildman–Crippen MR) is 94.1 cm³/mol. The van der Waals surface area contributed by atoms with Crippen LogP contribution in [0.1, 0.15) is 12.6 Å². The molecule has 0 amide bonds. The third kappa shape index (κ3) is 4.32. The zero-order chi connectivity index (χ0) is 16.1. The molecule has 0 aliphatic heterocycles. The summed E-state index contributed by atoms with van der Waals surface area (Å²) < 4.78 is 1.72. The summed E-state index contributed by atoms with van der Waals surface area (Å²) in [6.07, 6.45) is 1.88. The van der Waals surface area contributed by atoms with E-state index < -0.39 is 0 Å². The highest BCUT2D eigenvalue weighted by Crippen LogP contribution is 2.22. The highest BCUT2D eigenvalue weighted by Gasteiger charge is 2.06. The molecule has 0 saturated heterocycles. The number of hydrogen-bond acceptors (Lipinski definition) is 5. The fraction of sp³-hybridized carbons (Fsp3) is 0.235. The van der Waals surface area contributed by atoms with Crippen LogP contribution in [0, 0.1) is 6.92 Å². The summed E-state index contributed by atoms with van der Waals surface area (Å²) in [4.78, 5) is 1.28. The standard InChI is InChI=1S/C17H19N5S/c1-13-10-11-22(21-13)17-9-8-16(19-20-17)18-12-14(2)23-15-6-4-3-5-7-15/h3-11,14H,12H2,1-2H3,(H,18,19). The molecule has 0 fully saturated rings. The number of aromatic nitrogens is 4. The van der Waals surface area contributed by atoms with Gasteiger partial charge >= 0.3 is 0 Å². The van der Waals surface area contributed by atoms with Gasteiger partial charge in [0, 0.05) is 22.9 Å². The summed E-state index contributed by atoms with van der Waals surface area (Å²) in [5.41, 5.74) is 0.959. The van der Waals surface area contributed by atoms with Crippen molar-refractivity contribution in [2.24, 2.45) is 0 Å². The van der Waals surface area contributed by atoms with Crippen LogP contribution in [0.15, 0.2) is 59.6 Å². The monoisotopic (exact) mass is 325 g/mol. The first kappa shape index (κ1) is 15.6. The summed E-state index contributed by atoms with van der Waals surface area (Å²) in [5, 5.41) is 16.5. The van der Waals surface area contributed by atoms with Crippen molar-refractivity contribution in [1.82, 2.24) is 20.0 Å². The summed E-state index contributed by atoms with van der Waals surface area (Å²) in [6.45, 7) is 4.97. The molecule has 0 radical (unpaired) electrons. The van der Waals surface area contributed by atoms with Crippen molar-refractivity contribution in [3.8, 4) is 5.82 Å². The summed E-state index contributed by atoms with van der Waals surface area (Å²) in [6, 6.07) is 16.2. The molecule has 3 aromatic rings. The molecular formula is C17H19N5S. The third-order valence-corrected chi connectivity index (χ3v) is 4.37. The van der Waals surface area contributed by atoms with Gasteiger partial charge in [-0.1, -0.05) is 25.1 Å². The highest BCUT2D eigenvalue weighted by atomic mass is 32.2. The van der Waals surface area contributed by atoms with Gasteiger partial charge < -0.3 is 5.32 Å². The Morgan fingerprint density at radius 3 is 2.57 bits per heavy atom. The van der Waals surface area contributed by atoms with Crippen LogP contribution in [0.4, 0.5) is 5.82 Å². The molecule has 0 spiro atoms. The van der Waals surface area contributed by atoms with Crippen LogP contribution in [0.2, 0.25) is 0 Å². The maximum absolute atomic E-state index is 4.32. The van der Waals surface area contributed by atoms with Gasteiger partial charge in [0.05, 0.1) is 5.69 Å². The van der Waals surface area contributed by atoms with Crippen LogP contribution in [0.5, 0.6) is 0 Å². The molecule has 1 atom stereocenters. The fourth-order valence-electron chi connectivity index (χ4n) is 2.11. The van der Waals surface area contributed by atoms with Gasteiger partial charge in [0.15, 0.2) is 5.82 Å². The number of nitrogens with zero attached hydrogens (tertiary/aromatic N) is 4. The van der Waals surface area contributed by atoms with E-state index in [2.05, 4.69) is 51.8 Å². The van der Waals surface area contributed by atoms with E-state index in [-0.39, 0.29) is 0 Å². The minimum atomic E-state index is 0.438. The van der Waals surface area contributed by atoms with E-state index in [0.717, 1.165) is 23.9 Å². The van der Waals surface area contributed by atoms with Crippen LogP contribution in [-0.4, -0.2) is 31.8 Å². The van der Waals surface area contributed by atoms with Gasteiger partial charge in [-0.15, -0.1) is 22.0 Å². The largest absolute Gasteiger partial charge is 0.367 e. The molecule has 1 N–H and O–H groups in total. The second-order valence-corrected chi connectivity index (χ2v) is 6.81. The third-order valence-electron chi connectivity index (χ3n) is 3.26. The van der Waals surface area contributed by atoms with Gasteiger partial charge in [-0.05, 0) is 37.3 Å². The molecule has 23 heavy (non-hydrogen) atoms. The van der Waals surface area contributed by atoms with Crippen LogP contribution >= 0.6 is 11.8 Å². The summed E-state index contributed by atoms with van der Waals surface area (Å²) in [5.74, 6) is 1.49. The number of aryl methyl sites for hydroxylation is 1. The minimum Gasteiger partial charge on any atom is -0.367 e. The molecular weight excluding hydrogens is 306 g/mol. The second-order valence-electron chi connectivity index (χ2n) is 5.30. The van der Waals surface area contributed by atoms with E-state index in [4.69, 9.17) is 0 Å². The molecule has 0 saturated carbocycles. The van der Waals surface area contributed by atoms with Crippen molar-refractivity contribution in [1.29, 1.82) is 0 Å². The average molecular weight is 325 g/mol. The summed E-state index contributed by atoms with van der Waals surface area (Å²) >= 11 is 1.84. The minimum absolute atomic E-state index is 0.438. The van der Waals surface area contributed by atoms with Gasteiger partial charge in [-0.3, -0.25) is 0 Å². The van der Waals surface area contributed by atoms with Gasteiger partial charge in [0.25, 0.3) is 0 Å². The quantitative estimate of drug-likeness (QED) is 0.702. The Morgan fingerprint density at radius 1 is 1.09 bits per heavy atom. The van der Waals surface area contributed by atoms with Gasteiger partial charge in [0.2, 0.25) is 0 Å². The Morgan fingerprint density at radius 2 is 1.91 bits per heavy atom. The molecule has 5 nitrogen and oxygen atoms in total. The molecule has 0 bridgehead atoms. The van der Waals surface area contributed by atoms with E-state index in [9.17, 15) is 0 Å². The van der Waals surface area contributed by atoms with E-state index in [1.807, 2.05) is 49.1 Å². The Balaban J connectivity index is 1.54. The van der Waals surface area contributed by atoms with Crippen LogP contribution in [0.3, 0.4) is 0 Å². The first-order valence-corrected chi connectivity index (χ1v) is 8.40. The Labute approximate surface area is 140 Å². The first-order chi connectivity index (χ1) is 11.2. The van der Waals surface area contributed by atoms with Crippen molar-refractivity contribution in [3.05, 3.63) is 60.4 Å². The Hall–Kier alpha value is -2.34. The van der Waals surface area contributed by atoms with Crippen molar-refractivity contribution >= 4 is 17.6 Å². The van der Waals surface area contributed by atoms with Gasteiger partial charge in [0.1, 0.15) is 5.82 Å². The SMILES string of the molecule is Cc1ccn(-c2ccc(NCC(C)Sc3ccccc3)nn2)n1. The number of benzene rings is 1. The van der Waals surface area contributed by atoms with Crippen molar-refractivity contribution in [2.45, 2.75) is 24.0 Å². The fourth-order valence-corrected chi connectivity index (χ4v) is 3.05. The van der Waals surface area contributed by atoms with E-state index >= 15 is 0 Å². The smallest absolute Gasteiger partial charge is 0.175 e. The molecule has 0 aliphatic rings. The van der Waals surface area contributed by atoms with E-state index in [1.165, 1.54) is 4.90 Å². The van der Waals surface area contributed by atoms with E-state index in [1.54, 1.807) is 4.68 Å². The molecule has 2 aromatic heterocycles. The molecule has 1 aromatic carbocycles. The lowest BCUT2D eigenvalue weighted by Gasteiger charge is -2.12. The predicted octanol–water partition coefficient (Wildman–Crippen LogP) is 3.56. The average Bonchev–Trinajstić information content (AvgIpc) is 3.01. The molecule has 0 aliphatic carbocycles. The molecule has 3 rings (SSSR count). The maximum Gasteiger partial charge on any atom is 0.175 e. The highest BCUT2D eigenvalue weighted by molar-refractivity contribution is 8.00. The zero-order valence-corrected chi connectivity index (χ0v) is 14.0. The Kier molecular flexibility index (Phi) is 4.92.